The highest BCUT2D eigenvalue weighted by Gasteiger charge is 2.10. The molecule has 0 fully saturated rings. The van der Waals surface area contributed by atoms with Gasteiger partial charge in [-0.2, -0.15) is 0 Å². The van der Waals surface area contributed by atoms with Crippen LogP contribution in [-0.2, 0) is 19.3 Å². The summed E-state index contributed by atoms with van der Waals surface area (Å²) in [4.78, 5) is 5.29. The van der Waals surface area contributed by atoms with Crippen molar-refractivity contribution in [2.24, 2.45) is 4.99 Å². The van der Waals surface area contributed by atoms with Gasteiger partial charge < -0.3 is 9.47 Å². The van der Waals surface area contributed by atoms with E-state index in [1.54, 1.807) is 19.8 Å². The van der Waals surface area contributed by atoms with Gasteiger partial charge in [0, 0.05) is 0 Å². The summed E-state index contributed by atoms with van der Waals surface area (Å²) in [5.41, 5.74) is 10.8. The third kappa shape index (κ3) is 19.0. The molecular weight excluding hydrogens is 671 g/mol. The number of allylic oxidation sites excluding steroid dienone is 16. The molecule has 0 saturated heterocycles. The lowest BCUT2D eigenvalue weighted by Crippen LogP contribution is -1.99. The van der Waals surface area contributed by atoms with Crippen LogP contribution in [0.2, 0.25) is 0 Å². The molecule has 0 radical (unpaired) electrons. The lowest BCUT2D eigenvalue weighted by atomic mass is 9.99. The van der Waals surface area contributed by atoms with Crippen LogP contribution in [-0.4, -0.2) is 19.9 Å². The largest absolute Gasteiger partial charge is 0.493 e. The molecule has 55 heavy (non-hydrogen) atoms. The van der Waals surface area contributed by atoms with Crippen molar-refractivity contribution in [1.29, 1.82) is 0 Å². The molecule has 0 unspecified atom stereocenters. The molecule has 0 aliphatic rings. The van der Waals surface area contributed by atoms with E-state index in [4.69, 9.17) is 14.5 Å². The van der Waals surface area contributed by atoms with Crippen LogP contribution in [0.1, 0.15) is 122 Å². The first kappa shape index (κ1) is 46.5. The van der Waals surface area contributed by atoms with Gasteiger partial charge in [-0.25, -0.2) is 4.99 Å². The first-order chi connectivity index (χ1) is 26.8. The van der Waals surface area contributed by atoms with Crippen molar-refractivity contribution < 1.29 is 9.47 Å². The van der Waals surface area contributed by atoms with Gasteiger partial charge in [0.25, 0.3) is 0 Å². The van der Waals surface area contributed by atoms with E-state index in [0.717, 1.165) is 85.4 Å². The van der Waals surface area contributed by atoms with Gasteiger partial charge in [-0.15, -0.1) is 0 Å². The van der Waals surface area contributed by atoms with Crippen molar-refractivity contribution >= 4 is 5.71 Å². The molecule has 0 aliphatic carbocycles. The number of unbranched alkanes of at least 4 members (excludes halogenated alkanes) is 3. The maximum Gasteiger partial charge on any atom is 0.161 e. The van der Waals surface area contributed by atoms with Crippen molar-refractivity contribution in [2.45, 2.75) is 125 Å². The molecule has 296 valence electrons. The van der Waals surface area contributed by atoms with E-state index in [9.17, 15) is 0 Å². The number of methoxy groups -OCH3 is 2. The molecule has 0 spiro atoms. The molecular formula is C52H71NO2. The second kappa shape index (κ2) is 28.8. The van der Waals surface area contributed by atoms with Gasteiger partial charge in [-0.3, -0.25) is 0 Å². The Labute approximate surface area is 336 Å². The second-order valence-corrected chi connectivity index (χ2v) is 14.1. The highest BCUT2D eigenvalue weighted by atomic mass is 16.5. The summed E-state index contributed by atoms with van der Waals surface area (Å²) in [6, 6.07) is 14.8. The van der Waals surface area contributed by atoms with E-state index in [1.165, 1.54) is 54.4 Å². The van der Waals surface area contributed by atoms with Crippen LogP contribution in [0, 0.1) is 0 Å². The van der Waals surface area contributed by atoms with Crippen molar-refractivity contribution in [3.05, 3.63) is 167 Å². The predicted octanol–water partition coefficient (Wildman–Crippen LogP) is 14.9. The molecule has 2 aromatic rings. The highest BCUT2D eigenvalue weighted by molar-refractivity contribution is 6.08. The molecule has 3 heteroatoms. The van der Waals surface area contributed by atoms with Crippen LogP contribution in [0.4, 0.5) is 0 Å². The Balaban J connectivity index is 2.34. The number of ether oxygens (including phenoxy) is 2. The van der Waals surface area contributed by atoms with Crippen LogP contribution in [0.25, 0.3) is 0 Å². The van der Waals surface area contributed by atoms with Crippen molar-refractivity contribution in [3.63, 3.8) is 0 Å². The fraction of sp³-hybridized carbons (Fsp3) is 0.404. The van der Waals surface area contributed by atoms with E-state index < -0.39 is 0 Å². The smallest absolute Gasteiger partial charge is 0.161 e. The van der Waals surface area contributed by atoms with Crippen LogP contribution < -0.4 is 9.47 Å². The van der Waals surface area contributed by atoms with Crippen molar-refractivity contribution in [2.75, 3.05) is 14.2 Å². The van der Waals surface area contributed by atoms with E-state index in [0.29, 0.717) is 0 Å². The number of aryl methyl sites for hydroxylation is 3. The van der Waals surface area contributed by atoms with Gasteiger partial charge in [0.05, 0.1) is 25.6 Å². The minimum absolute atomic E-state index is 0.774. The van der Waals surface area contributed by atoms with Crippen LogP contribution in [0.15, 0.2) is 155 Å². The Hall–Kier alpha value is -4.63. The third-order valence-corrected chi connectivity index (χ3v) is 9.67. The normalized spacial score (nSPS) is 13.6. The molecule has 0 N–H and O–H groups in total. The lowest BCUT2D eigenvalue weighted by molar-refractivity contribution is 0.354. The Morgan fingerprint density at radius 2 is 1.40 bits per heavy atom. The monoisotopic (exact) mass is 742 g/mol. The summed E-state index contributed by atoms with van der Waals surface area (Å²) >= 11 is 0. The molecule has 0 atom stereocenters. The Kier molecular flexibility index (Phi) is 24.3. The quantitative estimate of drug-likeness (QED) is 0.0416. The summed E-state index contributed by atoms with van der Waals surface area (Å²) in [5.74, 6) is 1.55. The average molecular weight is 742 g/mol. The number of hydrogen-bond acceptors (Lipinski definition) is 3. The van der Waals surface area contributed by atoms with Gasteiger partial charge in [-0.05, 0) is 162 Å². The Bertz CT molecular complexity index is 1700. The Morgan fingerprint density at radius 1 is 0.709 bits per heavy atom. The molecule has 2 aromatic carbocycles. The van der Waals surface area contributed by atoms with Crippen molar-refractivity contribution in [1.82, 2.24) is 0 Å². The maximum absolute atomic E-state index is 5.63. The zero-order chi connectivity index (χ0) is 40.1. The zero-order valence-corrected chi connectivity index (χ0v) is 35.6. The summed E-state index contributed by atoms with van der Waals surface area (Å²) in [6.45, 7) is 17.3. The molecule has 0 saturated carbocycles. The first-order valence-electron chi connectivity index (χ1n) is 20.7. The van der Waals surface area contributed by atoms with Gasteiger partial charge in [-0.1, -0.05) is 124 Å². The fourth-order valence-electron chi connectivity index (χ4n) is 6.36. The fourth-order valence-corrected chi connectivity index (χ4v) is 6.36. The highest BCUT2D eigenvalue weighted by Crippen LogP contribution is 2.32. The second-order valence-electron chi connectivity index (χ2n) is 14.1. The van der Waals surface area contributed by atoms with E-state index in [1.807, 2.05) is 0 Å². The van der Waals surface area contributed by atoms with Gasteiger partial charge in [0.1, 0.15) is 0 Å². The molecule has 0 bridgehead atoms. The van der Waals surface area contributed by atoms with E-state index in [-0.39, 0.29) is 0 Å². The van der Waals surface area contributed by atoms with Crippen LogP contribution >= 0.6 is 0 Å². The number of aliphatic imine (C=N–C) groups is 1. The number of nitrogens with zero attached hydrogens (tertiary/aromatic N) is 1. The SMILES string of the molecule is C=C(C=C/C=C(N=C(/C=C/C)/C(C)=C\CCC=C(CCCC)CCCC=CC)\C(C)=C/CCc1cc(OC)c(OC)cc1CC)C=CCCc1ccccc1. The standard InChI is InChI=1S/C52H71NO2/c1-10-14-16-18-33-45(32-15-11-2)37-24-22-30-43(6)49(27-12-3)53-50(39-25-29-42(5)28-21-23-36-46-34-19-17-20-35-46)44(7)31-26-38-48-41-52(55-9)51(54-8)40-47(48)13-4/h10,12,14,17,19-21,25,27-31,34-35,37,39-41H,5,11,13,15-16,18,22-24,26,32-33,36,38H2,1-4,6-9H3/b14-10?,27-12+,28-21?,29-25?,43-30-,44-31-,45-37?,50-39+,53-49?. The zero-order valence-electron chi connectivity index (χ0n) is 35.6. The van der Waals surface area contributed by atoms with Crippen molar-refractivity contribution in [3.8, 4) is 11.5 Å². The summed E-state index contributed by atoms with van der Waals surface area (Å²) < 4.78 is 11.2. The molecule has 0 heterocycles. The van der Waals surface area contributed by atoms with Crippen LogP contribution in [0.3, 0.4) is 0 Å². The van der Waals surface area contributed by atoms with E-state index >= 15 is 0 Å². The number of rotatable bonds is 26. The molecule has 0 aromatic heterocycles. The van der Waals surface area contributed by atoms with Crippen LogP contribution in [0.5, 0.6) is 11.5 Å². The topological polar surface area (TPSA) is 30.8 Å². The molecule has 2 rings (SSSR count). The minimum Gasteiger partial charge on any atom is -0.493 e. The average Bonchev–Trinajstić information content (AvgIpc) is 3.20. The third-order valence-electron chi connectivity index (χ3n) is 9.67. The summed E-state index contributed by atoms with van der Waals surface area (Å²) in [6.07, 6.45) is 40.5. The van der Waals surface area contributed by atoms with Gasteiger partial charge >= 0.3 is 0 Å². The molecule has 0 aliphatic heterocycles. The lowest BCUT2D eigenvalue weighted by Gasteiger charge is -2.14. The summed E-state index contributed by atoms with van der Waals surface area (Å²) in [7, 11) is 3.39. The van der Waals surface area contributed by atoms with E-state index in [2.05, 4.69) is 163 Å². The van der Waals surface area contributed by atoms with Gasteiger partial charge in [0.2, 0.25) is 0 Å². The molecule has 0 amide bonds. The molecule has 3 nitrogen and oxygen atoms in total. The Morgan fingerprint density at radius 3 is 2.07 bits per heavy atom. The summed E-state index contributed by atoms with van der Waals surface area (Å²) in [5, 5.41) is 0. The number of benzene rings is 2. The first-order valence-corrected chi connectivity index (χ1v) is 20.7. The maximum atomic E-state index is 5.63. The number of hydrogen-bond donors (Lipinski definition) is 0. The minimum atomic E-state index is 0.774. The van der Waals surface area contributed by atoms with Gasteiger partial charge in [0.15, 0.2) is 11.5 Å². The predicted molar refractivity (Wildman–Crippen MR) is 243 cm³/mol.